The van der Waals surface area contributed by atoms with Gasteiger partial charge in [-0.2, -0.15) is 0 Å². The highest BCUT2D eigenvalue weighted by Gasteiger charge is 2.38. The molecule has 1 atom stereocenters. The lowest BCUT2D eigenvalue weighted by Crippen LogP contribution is -2.53. The zero-order chi connectivity index (χ0) is 14.7. The fourth-order valence-corrected chi connectivity index (χ4v) is 3.41. The molecule has 2 aliphatic rings. The number of hydrogen-bond donors (Lipinski definition) is 2. The van der Waals surface area contributed by atoms with Crippen molar-refractivity contribution in [3.05, 3.63) is 34.9 Å². The molecule has 1 aliphatic heterocycles. The standard InChI is InChI=1S/C16H21ClN2O2.ClH/c17-13-5-3-12(4-6-13)16(7-1-2-8-16)19-15(20)14-11-18-9-10-21-14;/h3-6,14,18H,1-2,7-11H2,(H,19,20);1H. The van der Waals surface area contributed by atoms with Crippen LogP contribution in [0.15, 0.2) is 24.3 Å². The fraction of sp³-hybridized carbons (Fsp3) is 0.562. The van der Waals surface area contributed by atoms with Crippen LogP contribution in [0.5, 0.6) is 0 Å². The molecule has 22 heavy (non-hydrogen) atoms. The zero-order valence-corrected chi connectivity index (χ0v) is 14.0. The van der Waals surface area contributed by atoms with Gasteiger partial charge in [0.05, 0.1) is 12.1 Å². The van der Waals surface area contributed by atoms with Gasteiger partial charge in [0.1, 0.15) is 6.10 Å². The number of nitrogens with one attached hydrogen (secondary N) is 2. The first-order valence-electron chi connectivity index (χ1n) is 7.60. The molecule has 0 spiro atoms. The van der Waals surface area contributed by atoms with Crippen LogP contribution >= 0.6 is 24.0 Å². The highest BCUT2D eigenvalue weighted by molar-refractivity contribution is 6.30. The molecule has 1 aromatic rings. The lowest BCUT2D eigenvalue weighted by Gasteiger charge is -2.33. The van der Waals surface area contributed by atoms with Crippen LogP contribution in [-0.2, 0) is 15.1 Å². The summed E-state index contributed by atoms with van der Waals surface area (Å²) in [5.41, 5.74) is 0.879. The molecular formula is C16H22Cl2N2O2. The highest BCUT2D eigenvalue weighted by Crippen LogP contribution is 2.39. The minimum atomic E-state index is -0.386. The van der Waals surface area contributed by atoms with E-state index in [9.17, 15) is 4.79 Å². The van der Waals surface area contributed by atoms with Crippen LogP contribution in [0, 0.1) is 0 Å². The van der Waals surface area contributed by atoms with Gasteiger partial charge in [0.25, 0.3) is 5.91 Å². The molecule has 0 aromatic heterocycles. The summed E-state index contributed by atoms with van der Waals surface area (Å²) in [4.78, 5) is 12.5. The number of hydrogen-bond acceptors (Lipinski definition) is 3. The van der Waals surface area contributed by atoms with Crippen LogP contribution in [-0.4, -0.2) is 31.7 Å². The van der Waals surface area contributed by atoms with Gasteiger partial charge in [-0.15, -0.1) is 12.4 Å². The van der Waals surface area contributed by atoms with Gasteiger partial charge in [-0.25, -0.2) is 0 Å². The highest BCUT2D eigenvalue weighted by atomic mass is 35.5. The van der Waals surface area contributed by atoms with E-state index in [1.807, 2.05) is 24.3 Å². The Morgan fingerprint density at radius 1 is 1.27 bits per heavy atom. The molecule has 1 heterocycles. The Bertz CT molecular complexity index is 495. The van der Waals surface area contributed by atoms with Crippen molar-refractivity contribution in [1.29, 1.82) is 0 Å². The summed E-state index contributed by atoms with van der Waals surface area (Å²) in [7, 11) is 0. The Morgan fingerprint density at radius 3 is 2.55 bits per heavy atom. The van der Waals surface area contributed by atoms with E-state index >= 15 is 0 Å². The third-order valence-corrected chi connectivity index (χ3v) is 4.69. The van der Waals surface area contributed by atoms with Crippen molar-refractivity contribution in [2.75, 3.05) is 19.7 Å². The molecule has 1 aliphatic carbocycles. The van der Waals surface area contributed by atoms with Gasteiger partial charge in [-0.05, 0) is 30.5 Å². The SMILES string of the molecule is Cl.O=C(NC1(c2ccc(Cl)cc2)CCCC1)C1CNCCO1. The lowest BCUT2D eigenvalue weighted by atomic mass is 9.88. The maximum absolute atomic E-state index is 12.5. The molecule has 4 nitrogen and oxygen atoms in total. The number of ether oxygens (including phenoxy) is 1. The van der Waals surface area contributed by atoms with E-state index in [0.29, 0.717) is 13.2 Å². The summed E-state index contributed by atoms with van der Waals surface area (Å²) in [5.74, 6) is -0.0148. The number of halogens is 2. The normalized spacial score (nSPS) is 23.6. The van der Waals surface area contributed by atoms with E-state index in [2.05, 4.69) is 10.6 Å². The van der Waals surface area contributed by atoms with Gasteiger partial charge in [-0.3, -0.25) is 4.79 Å². The maximum Gasteiger partial charge on any atom is 0.251 e. The number of morpholine rings is 1. The van der Waals surface area contributed by atoms with Crippen LogP contribution < -0.4 is 10.6 Å². The van der Waals surface area contributed by atoms with Crippen molar-refractivity contribution >= 4 is 29.9 Å². The molecule has 3 rings (SSSR count). The second-order valence-corrected chi connectivity index (χ2v) is 6.29. The predicted octanol–water partition coefficient (Wildman–Crippen LogP) is 2.64. The molecule has 1 saturated heterocycles. The van der Waals surface area contributed by atoms with Gasteiger partial charge in [0.15, 0.2) is 0 Å². The molecule has 1 unspecified atom stereocenters. The quantitative estimate of drug-likeness (QED) is 0.886. The number of amides is 1. The Kier molecular flexibility index (Phi) is 6.09. The van der Waals surface area contributed by atoms with Crippen molar-refractivity contribution in [1.82, 2.24) is 10.6 Å². The topological polar surface area (TPSA) is 50.4 Å². The molecule has 2 fully saturated rings. The lowest BCUT2D eigenvalue weighted by molar-refractivity contribution is -0.136. The first kappa shape index (κ1) is 17.5. The van der Waals surface area contributed by atoms with E-state index in [1.165, 1.54) is 0 Å². The van der Waals surface area contributed by atoms with Crippen molar-refractivity contribution in [2.24, 2.45) is 0 Å². The Balaban J connectivity index is 0.00000176. The maximum atomic E-state index is 12.5. The van der Waals surface area contributed by atoms with Crippen LogP contribution in [0.2, 0.25) is 5.02 Å². The van der Waals surface area contributed by atoms with E-state index in [1.54, 1.807) is 0 Å². The molecule has 2 N–H and O–H groups in total. The summed E-state index contributed by atoms with van der Waals surface area (Å²) in [6.07, 6.45) is 3.82. The van der Waals surface area contributed by atoms with E-state index in [0.717, 1.165) is 42.8 Å². The zero-order valence-electron chi connectivity index (χ0n) is 12.4. The van der Waals surface area contributed by atoms with Crippen molar-refractivity contribution in [2.45, 2.75) is 37.3 Å². The van der Waals surface area contributed by atoms with Gasteiger partial charge < -0.3 is 15.4 Å². The summed E-state index contributed by atoms with van der Waals surface area (Å²) >= 11 is 5.98. The molecule has 6 heteroatoms. The van der Waals surface area contributed by atoms with Crippen LogP contribution in [0.1, 0.15) is 31.2 Å². The Hall–Kier alpha value is -0.810. The molecule has 0 bridgehead atoms. The Morgan fingerprint density at radius 2 is 1.95 bits per heavy atom. The number of carbonyl (C=O) groups is 1. The summed E-state index contributed by atoms with van der Waals surface area (Å²) in [6, 6.07) is 7.82. The monoisotopic (exact) mass is 344 g/mol. The predicted molar refractivity (Wildman–Crippen MR) is 89.6 cm³/mol. The van der Waals surface area contributed by atoms with Gasteiger partial charge in [-0.1, -0.05) is 36.6 Å². The number of carbonyl (C=O) groups excluding carboxylic acids is 1. The summed E-state index contributed by atoms with van der Waals surface area (Å²) in [5, 5.41) is 7.17. The van der Waals surface area contributed by atoms with Crippen molar-refractivity contribution in [3.63, 3.8) is 0 Å². The average molecular weight is 345 g/mol. The first-order valence-corrected chi connectivity index (χ1v) is 7.98. The van der Waals surface area contributed by atoms with Gasteiger partial charge in [0, 0.05) is 18.1 Å². The van der Waals surface area contributed by atoms with Gasteiger partial charge >= 0.3 is 0 Å². The van der Waals surface area contributed by atoms with E-state index in [4.69, 9.17) is 16.3 Å². The summed E-state index contributed by atoms with van der Waals surface area (Å²) < 4.78 is 5.55. The molecule has 0 radical (unpaired) electrons. The Labute approximate surface area is 142 Å². The minimum Gasteiger partial charge on any atom is -0.366 e. The van der Waals surface area contributed by atoms with Crippen LogP contribution in [0.4, 0.5) is 0 Å². The molecule has 122 valence electrons. The van der Waals surface area contributed by atoms with Crippen molar-refractivity contribution in [3.8, 4) is 0 Å². The first-order chi connectivity index (χ1) is 10.2. The largest absolute Gasteiger partial charge is 0.366 e. The minimum absolute atomic E-state index is 0. The third kappa shape index (κ3) is 3.74. The number of benzene rings is 1. The average Bonchev–Trinajstić information content (AvgIpc) is 2.98. The molecule has 1 aromatic carbocycles. The van der Waals surface area contributed by atoms with Gasteiger partial charge in [0.2, 0.25) is 0 Å². The third-order valence-electron chi connectivity index (χ3n) is 4.44. The smallest absolute Gasteiger partial charge is 0.251 e. The van der Waals surface area contributed by atoms with E-state index < -0.39 is 0 Å². The van der Waals surface area contributed by atoms with Crippen LogP contribution in [0.25, 0.3) is 0 Å². The second kappa shape index (κ2) is 7.64. The van der Waals surface area contributed by atoms with Crippen molar-refractivity contribution < 1.29 is 9.53 Å². The van der Waals surface area contributed by atoms with Crippen LogP contribution in [0.3, 0.4) is 0 Å². The summed E-state index contributed by atoms with van der Waals surface area (Å²) in [6.45, 7) is 1.99. The fourth-order valence-electron chi connectivity index (χ4n) is 3.28. The number of rotatable bonds is 3. The molecular weight excluding hydrogens is 323 g/mol. The second-order valence-electron chi connectivity index (χ2n) is 5.85. The molecule has 1 saturated carbocycles. The van der Waals surface area contributed by atoms with E-state index in [-0.39, 0.29) is 30.0 Å². The molecule has 1 amide bonds.